The molecule has 112 valence electrons. The topological polar surface area (TPSA) is 9.23 Å². The van der Waals surface area contributed by atoms with E-state index >= 15 is 0 Å². The average molecular weight is 356 g/mol. The fourth-order valence-corrected chi connectivity index (χ4v) is 2.46. The molecule has 0 heterocycles. The molecule has 2 rings (SSSR count). The predicted molar refractivity (Wildman–Crippen MR) is 77.7 cm³/mol. The number of halogens is 6. The van der Waals surface area contributed by atoms with Crippen LogP contribution in [0.5, 0.6) is 11.5 Å². The molecule has 0 aromatic heterocycles. The van der Waals surface area contributed by atoms with E-state index in [2.05, 4.69) is 0 Å². The molecule has 0 aliphatic rings. The van der Waals surface area contributed by atoms with Crippen LogP contribution < -0.4 is 4.74 Å². The third kappa shape index (κ3) is 3.57. The molecule has 0 aliphatic carbocycles. The molecule has 2 aromatic carbocycles. The minimum absolute atomic E-state index is 0.109. The van der Waals surface area contributed by atoms with Crippen LogP contribution in [-0.4, -0.2) is 0 Å². The van der Waals surface area contributed by atoms with E-state index in [1.165, 1.54) is 0 Å². The van der Waals surface area contributed by atoms with Crippen LogP contribution in [0.25, 0.3) is 0 Å². The molecule has 0 atom stereocenters. The lowest BCUT2D eigenvalue weighted by Crippen LogP contribution is -2.06. The molecule has 0 amide bonds. The molecule has 0 unspecified atom stereocenters. The number of benzene rings is 2. The molecule has 0 N–H and O–H groups in total. The zero-order valence-corrected chi connectivity index (χ0v) is 12.8. The Hall–Kier alpha value is -1.10. The van der Waals surface area contributed by atoms with Gasteiger partial charge < -0.3 is 4.74 Å². The van der Waals surface area contributed by atoms with Gasteiger partial charge in [-0.2, -0.15) is 13.2 Å². The molecule has 0 aliphatic heterocycles. The van der Waals surface area contributed by atoms with E-state index in [0.29, 0.717) is 11.8 Å². The van der Waals surface area contributed by atoms with Crippen LogP contribution in [0.15, 0.2) is 30.3 Å². The smallest absolute Gasteiger partial charge is 0.417 e. The highest BCUT2D eigenvalue weighted by atomic mass is 35.5. The quantitative estimate of drug-likeness (QED) is 0.540. The van der Waals surface area contributed by atoms with Crippen LogP contribution in [-0.2, 0) is 6.18 Å². The van der Waals surface area contributed by atoms with Crippen LogP contribution in [0.4, 0.5) is 13.2 Å². The Balaban J connectivity index is 2.49. The molecule has 21 heavy (non-hydrogen) atoms. The number of hydrogen-bond donors (Lipinski definition) is 0. The Bertz CT molecular complexity index is 684. The summed E-state index contributed by atoms with van der Waals surface area (Å²) in [6, 6.07) is 7.60. The zero-order chi connectivity index (χ0) is 15.8. The average Bonchev–Trinajstić information content (AvgIpc) is 2.37. The molecule has 0 saturated heterocycles. The lowest BCUT2D eigenvalue weighted by Gasteiger charge is -2.15. The fraction of sp³-hybridized carbons (Fsp3) is 0.143. The minimum Gasteiger partial charge on any atom is -0.454 e. The van der Waals surface area contributed by atoms with Gasteiger partial charge in [-0.3, -0.25) is 0 Å². The van der Waals surface area contributed by atoms with Gasteiger partial charge in [0.25, 0.3) is 0 Å². The summed E-state index contributed by atoms with van der Waals surface area (Å²) in [7, 11) is 0. The van der Waals surface area contributed by atoms with Gasteiger partial charge >= 0.3 is 6.18 Å². The Kier molecular flexibility index (Phi) is 4.61. The molecule has 2 aromatic rings. The van der Waals surface area contributed by atoms with Gasteiger partial charge in [0.1, 0.15) is 10.8 Å². The summed E-state index contributed by atoms with van der Waals surface area (Å²) in [4.78, 5) is 0. The van der Waals surface area contributed by atoms with Crippen molar-refractivity contribution in [3.8, 4) is 11.5 Å². The van der Waals surface area contributed by atoms with Gasteiger partial charge in [-0.25, -0.2) is 0 Å². The number of alkyl halides is 3. The van der Waals surface area contributed by atoms with Crippen molar-refractivity contribution in [2.45, 2.75) is 13.1 Å². The SMILES string of the molecule is Cc1cccc(Oc2c(Cl)cc(C(F)(F)F)c(Cl)c2Cl)c1. The van der Waals surface area contributed by atoms with Crippen LogP contribution >= 0.6 is 34.8 Å². The molecule has 0 spiro atoms. The maximum Gasteiger partial charge on any atom is 0.417 e. The van der Waals surface area contributed by atoms with E-state index in [9.17, 15) is 13.2 Å². The lowest BCUT2D eigenvalue weighted by atomic mass is 10.2. The Morgan fingerprint density at radius 2 is 1.67 bits per heavy atom. The molecule has 0 bridgehead atoms. The largest absolute Gasteiger partial charge is 0.454 e. The molecule has 0 fully saturated rings. The first-order valence-electron chi connectivity index (χ1n) is 5.69. The van der Waals surface area contributed by atoms with E-state index < -0.39 is 16.8 Å². The maximum absolute atomic E-state index is 12.8. The standard InChI is InChI=1S/C14H8Cl3F3O/c1-7-3-2-4-8(5-7)21-13-10(15)6-9(14(18,19)20)11(16)12(13)17/h2-6H,1H3. The molecule has 0 radical (unpaired) electrons. The van der Waals surface area contributed by atoms with Gasteiger partial charge in [-0.15, -0.1) is 0 Å². The lowest BCUT2D eigenvalue weighted by molar-refractivity contribution is -0.137. The van der Waals surface area contributed by atoms with Gasteiger partial charge in [-0.1, -0.05) is 46.9 Å². The third-order valence-electron chi connectivity index (χ3n) is 2.63. The summed E-state index contributed by atoms with van der Waals surface area (Å²) in [5.74, 6) is 0.288. The summed E-state index contributed by atoms with van der Waals surface area (Å²) < 4.78 is 43.8. The van der Waals surface area contributed by atoms with E-state index in [1.807, 2.05) is 13.0 Å². The van der Waals surface area contributed by atoms with Crippen molar-refractivity contribution in [2.24, 2.45) is 0 Å². The highest BCUT2D eigenvalue weighted by Gasteiger charge is 2.36. The van der Waals surface area contributed by atoms with Crippen molar-refractivity contribution >= 4 is 34.8 Å². The van der Waals surface area contributed by atoms with Crippen LogP contribution in [0, 0.1) is 6.92 Å². The summed E-state index contributed by atoms with van der Waals surface area (Å²) in [5.41, 5.74) is -0.187. The van der Waals surface area contributed by atoms with Crippen LogP contribution in [0.1, 0.15) is 11.1 Å². The normalized spacial score (nSPS) is 11.6. The zero-order valence-electron chi connectivity index (χ0n) is 10.6. The van der Waals surface area contributed by atoms with E-state index in [-0.39, 0.29) is 15.8 Å². The molecular weight excluding hydrogens is 348 g/mol. The highest BCUT2D eigenvalue weighted by Crippen LogP contribution is 2.47. The summed E-state index contributed by atoms with van der Waals surface area (Å²) in [5, 5.41) is -1.28. The van der Waals surface area contributed by atoms with Crippen molar-refractivity contribution in [1.82, 2.24) is 0 Å². The van der Waals surface area contributed by atoms with Gasteiger partial charge in [0, 0.05) is 0 Å². The van der Waals surface area contributed by atoms with Crippen LogP contribution in [0.3, 0.4) is 0 Å². The van der Waals surface area contributed by atoms with Crippen molar-refractivity contribution in [3.63, 3.8) is 0 Å². The van der Waals surface area contributed by atoms with Gasteiger partial charge in [0.15, 0.2) is 5.75 Å². The number of ether oxygens (including phenoxy) is 1. The van der Waals surface area contributed by atoms with Crippen molar-refractivity contribution < 1.29 is 17.9 Å². The predicted octanol–water partition coefficient (Wildman–Crippen LogP) is 6.77. The van der Waals surface area contributed by atoms with Crippen molar-refractivity contribution in [2.75, 3.05) is 0 Å². The first-order valence-corrected chi connectivity index (χ1v) is 6.82. The van der Waals surface area contributed by atoms with E-state index in [1.54, 1.807) is 18.2 Å². The number of hydrogen-bond acceptors (Lipinski definition) is 1. The van der Waals surface area contributed by atoms with Gasteiger partial charge in [-0.05, 0) is 30.7 Å². The number of aryl methyl sites for hydroxylation is 1. The second kappa shape index (κ2) is 5.95. The van der Waals surface area contributed by atoms with E-state index in [4.69, 9.17) is 39.5 Å². The van der Waals surface area contributed by atoms with Gasteiger partial charge in [0.2, 0.25) is 0 Å². The van der Waals surface area contributed by atoms with E-state index in [0.717, 1.165) is 5.56 Å². The van der Waals surface area contributed by atoms with Crippen LogP contribution in [0.2, 0.25) is 15.1 Å². The molecule has 1 nitrogen and oxygen atoms in total. The third-order valence-corrected chi connectivity index (χ3v) is 3.76. The molecule has 7 heteroatoms. The highest BCUT2D eigenvalue weighted by molar-refractivity contribution is 6.45. The Labute approximate surface area is 134 Å². The fourth-order valence-electron chi connectivity index (χ4n) is 1.67. The molecular formula is C14H8Cl3F3O. The summed E-state index contributed by atoms with van der Waals surface area (Å²) in [6.07, 6.45) is -4.65. The Morgan fingerprint density at radius 1 is 1.00 bits per heavy atom. The second-order valence-corrected chi connectivity index (χ2v) is 5.44. The summed E-state index contributed by atoms with van der Waals surface area (Å²) >= 11 is 17.4. The maximum atomic E-state index is 12.8. The summed E-state index contributed by atoms with van der Waals surface area (Å²) in [6.45, 7) is 1.84. The minimum atomic E-state index is -4.65. The Morgan fingerprint density at radius 3 is 2.24 bits per heavy atom. The van der Waals surface area contributed by atoms with Gasteiger partial charge in [0.05, 0.1) is 15.6 Å². The molecule has 0 saturated carbocycles. The van der Waals surface area contributed by atoms with Crippen molar-refractivity contribution in [1.29, 1.82) is 0 Å². The first kappa shape index (κ1) is 16.3. The monoisotopic (exact) mass is 354 g/mol. The second-order valence-electron chi connectivity index (χ2n) is 4.28. The number of rotatable bonds is 2. The first-order chi connectivity index (χ1) is 9.70. The van der Waals surface area contributed by atoms with Crippen molar-refractivity contribution in [3.05, 3.63) is 56.5 Å².